The lowest BCUT2D eigenvalue weighted by Crippen LogP contribution is -2.09. The van der Waals surface area contributed by atoms with Crippen molar-refractivity contribution in [2.75, 3.05) is 4.90 Å². The number of fused-ring (bicyclic) bond motifs is 3. The lowest BCUT2D eigenvalue weighted by molar-refractivity contribution is 0.632. The van der Waals surface area contributed by atoms with E-state index in [9.17, 15) is 0 Å². The lowest BCUT2D eigenvalue weighted by Gasteiger charge is -2.26. The number of benzene rings is 11. The molecule has 11 aromatic carbocycles. The molecule has 0 bridgehead atoms. The first-order valence-corrected chi connectivity index (χ1v) is 22.6. The quantitative estimate of drug-likeness (QED) is 0.144. The van der Waals surface area contributed by atoms with Gasteiger partial charge in [0.2, 0.25) is 0 Å². The van der Waals surface area contributed by atoms with E-state index in [0.717, 1.165) is 72.7 Å². The summed E-state index contributed by atoms with van der Waals surface area (Å²) in [6.07, 6.45) is 0. The molecule has 310 valence electrons. The van der Waals surface area contributed by atoms with E-state index in [4.69, 9.17) is 4.42 Å². The summed E-state index contributed by atoms with van der Waals surface area (Å²) < 4.78 is 6.56. The zero-order chi connectivity index (χ0) is 43.8. The highest BCUT2D eigenvalue weighted by molar-refractivity contribution is 6.02. The summed E-state index contributed by atoms with van der Waals surface area (Å²) in [7, 11) is 0. The molecule has 12 rings (SSSR count). The van der Waals surface area contributed by atoms with Gasteiger partial charge in [0.05, 0.1) is 0 Å². The minimum atomic E-state index is 0.886. The van der Waals surface area contributed by atoms with Gasteiger partial charge in [0.25, 0.3) is 0 Å². The summed E-state index contributed by atoms with van der Waals surface area (Å²) in [5, 5.41) is 6.11. The van der Waals surface area contributed by atoms with Crippen molar-refractivity contribution in [1.82, 2.24) is 0 Å². The monoisotopic (exact) mass is 841 g/mol. The third-order valence-corrected chi connectivity index (χ3v) is 12.9. The predicted molar refractivity (Wildman–Crippen MR) is 279 cm³/mol. The van der Waals surface area contributed by atoms with Crippen LogP contribution in [0.3, 0.4) is 0 Å². The topological polar surface area (TPSA) is 16.4 Å². The number of hydrogen-bond donors (Lipinski definition) is 0. The van der Waals surface area contributed by atoms with Gasteiger partial charge in [-0.25, -0.2) is 0 Å². The Hall–Kier alpha value is -8.72. The highest BCUT2D eigenvalue weighted by Gasteiger charge is 2.19. The van der Waals surface area contributed by atoms with Crippen LogP contribution in [0.5, 0.6) is 0 Å². The maximum atomic E-state index is 6.56. The van der Waals surface area contributed by atoms with Crippen LogP contribution in [-0.4, -0.2) is 0 Å². The molecular weight excluding hydrogens is 799 g/mol. The summed E-state index contributed by atoms with van der Waals surface area (Å²) in [6, 6.07) is 93.7. The summed E-state index contributed by atoms with van der Waals surface area (Å²) in [4.78, 5) is 2.35. The molecule has 0 aliphatic heterocycles. The van der Waals surface area contributed by atoms with Gasteiger partial charge in [0.1, 0.15) is 11.3 Å². The SMILES string of the molecule is c1ccc(-c2c(-c3cccc(-c4ccc(-c5ccc(N(c6ccc(-c7ccc8ccccc8c7)cc6)c6ccc(-c7cccc8ccccc78)cc6)cc5)cc4)c3)oc3ccccc23)cc1. The second-order valence-electron chi connectivity index (χ2n) is 16.9. The van der Waals surface area contributed by atoms with Crippen molar-refractivity contribution in [2.45, 2.75) is 0 Å². The average molecular weight is 842 g/mol. The van der Waals surface area contributed by atoms with Crippen LogP contribution in [0.15, 0.2) is 265 Å². The van der Waals surface area contributed by atoms with E-state index in [1.807, 2.05) is 12.1 Å². The molecule has 0 saturated heterocycles. The zero-order valence-electron chi connectivity index (χ0n) is 36.2. The minimum absolute atomic E-state index is 0.886. The van der Waals surface area contributed by atoms with E-state index >= 15 is 0 Å². The summed E-state index contributed by atoms with van der Waals surface area (Å²) in [5.74, 6) is 0.886. The summed E-state index contributed by atoms with van der Waals surface area (Å²) in [6.45, 7) is 0. The third kappa shape index (κ3) is 7.31. The number of rotatable bonds is 9. The molecular formula is C64H43NO. The van der Waals surface area contributed by atoms with Crippen molar-refractivity contribution in [3.63, 3.8) is 0 Å². The van der Waals surface area contributed by atoms with Crippen LogP contribution in [0.1, 0.15) is 0 Å². The number of anilines is 3. The second kappa shape index (κ2) is 16.8. The van der Waals surface area contributed by atoms with Gasteiger partial charge >= 0.3 is 0 Å². The third-order valence-electron chi connectivity index (χ3n) is 12.9. The Morgan fingerprint density at radius 3 is 1.39 bits per heavy atom. The molecule has 0 amide bonds. The first-order valence-electron chi connectivity index (χ1n) is 22.6. The van der Waals surface area contributed by atoms with E-state index in [2.05, 4.69) is 254 Å². The number of hydrogen-bond acceptors (Lipinski definition) is 2. The van der Waals surface area contributed by atoms with Crippen molar-refractivity contribution in [3.8, 4) is 67.0 Å². The van der Waals surface area contributed by atoms with Gasteiger partial charge in [0, 0.05) is 33.6 Å². The Kier molecular flexibility index (Phi) is 9.89. The molecule has 2 heteroatoms. The standard InChI is InChI=1S/C64H43NO/c1-2-14-51(15-3-1)63-61-21-8-9-23-62(61)66-64(63)55-19-10-18-53(43-55)47-26-24-45(25-27-47)46-30-36-56(37-31-46)65(57-38-32-48(33-39-57)54-29-28-44-12-4-5-16-52(44)42-54)58-40-34-50(35-41-58)60-22-11-17-49-13-6-7-20-59(49)60/h1-43H. The zero-order valence-corrected chi connectivity index (χ0v) is 36.2. The molecule has 0 atom stereocenters. The van der Waals surface area contributed by atoms with Crippen molar-refractivity contribution in [1.29, 1.82) is 0 Å². The molecule has 0 aliphatic carbocycles. The molecule has 0 N–H and O–H groups in total. The van der Waals surface area contributed by atoms with E-state index in [0.29, 0.717) is 0 Å². The van der Waals surface area contributed by atoms with Crippen LogP contribution in [0.25, 0.3) is 99.5 Å². The molecule has 0 radical (unpaired) electrons. The molecule has 0 unspecified atom stereocenters. The number of nitrogens with zero attached hydrogens (tertiary/aromatic N) is 1. The van der Waals surface area contributed by atoms with Crippen molar-refractivity contribution >= 4 is 49.6 Å². The van der Waals surface area contributed by atoms with Crippen LogP contribution in [0, 0.1) is 0 Å². The first-order chi connectivity index (χ1) is 32.7. The van der Waals surface area contributed by atoms with E-state index in [-0.39, 0.29) is 0 Å². The maximum Gasteiger partial charge on any atom is 0.143 e. The van der Waals surface area contributed by atoms with E-state index < -0.39 is 0 Å². The lowest BCUT2D eigenvalue weighted by atomic mass is 9.95. The first kappa shape index (κ1) is 38.9. The van der Waals surface area contributed by atoms with Gasteiger partial charge in [0.15, 0.2) is 0 Å². The molecule has 0 aliphatic rings. The van der Waals surface area contributed by atoms with Crippen LogP contribution < -0.4 is 4.90 Å². The second-order valence-corrected chi connectivity index (χ2v) is 16.9. The van der Waals surface area contributed by atoms with Gasteiger partial charge in [-0.15, -0.1) is 0 Å². The van der Waals surface area contributed by atoms with Crippen LogP contribution in [0.2, 0.25) is 0 Å². The van der Waals surface area contributed by atoms with Crippen molar-refractivity contribution < 1.29 is 4.42 Å². The highest BCUT2D eigenvalue weighted by atomic mass is 16.3. The van der Waals surface area contributed by atoms with Crippen LogP contribution >= 0.6 is 0 Å². The molecule has 0 spiro atoms. The van der Waals surface area contributed by atoms with Gasteiger partial charge < -0.3 is 9.32 Å². The smallest absolute Gasteiger partial charge is 0.143 e. The Morgan fingerprint density at radius 1 is 0.258 bits per heavy atom. The molecule has 1 aromatic heterocycles. The van der Waals surface area contributed by atoms with Crippen molar-refractivity contribution in [3.05, 3.63) is 261 Å². The van der Waals surface area contributed by atoms with Gasteiger partial charge in [-0.2, -0.15) is 0 Å². The fourth-order valence-corrected chi connectivity index (χ4v) is 9.52. The largest absolute Gasteiger partial charge is 0.455 e. The van der Waals surface area contributed by atoms with E-state index in [1.165, 1.54) is 43.8 Å². The van der Waals surface area contributed by atoms with Gasteiger partial charge in [-0.1, -0.05) is 206 Å². The van der Waals surface area contributed by atoms with Crippen LogP contribution in [-0.2, 0) is 0 Å². The average Bonchev–Trinajstić information content (AvgIpc) is 3.79. The molecule has 1 heterocycles. The van der Waals surface area contributed by atoms with Gasteiger partial charge in [-0.05, 0) is 126 Å². The highest BCUT2D eigenvalue weighted by Crippen LogP contribution is 2.43. The fraction of sp³-hybridized carbons (Fsp3) is 0. The Bertz CT molecular complexity index is 3660. The predicted octanol–water partition coefficient (Wildman–Crippen LogP) is 18.2. The molecule has 0 saturated carbocycles. The fourth-order valence-electron chi connectivity index (χ4n) is 9.52. The van der Waals surface area contributed by atoms with Gasteiger partial charge in [-0.3, -0.25) is 0 Å². The van der Waals surface area contributed by atoms with E-state index in [1.54, 1.807) is 0 Å². The Labute approximate surface area is 384 Å². The Morgan fingerprint density at radius 2 is 0.712 bits per heavy atom. The maximum absolute atomic E-state index is 6.56. The normalized spacial score (nSPS) is 11.3. The summed E-state index contributed by atoms with van der Waals surface area (Å²) >= 11 is 0. The number of para-hydroxylation sites is 1. The number of furan rings is 1. The molecule has 12 aromatic rings. The molecule has 66 heavy (non-hydrogen) atoms. The molecule has 2 nitrogen and oxygen atoms in total. The molecule has 0 fully saturated rings. The van der Waals surface area contributed by atoms with Crippen LogP contribution in [0.4, 0.5) is 17.1 Å². The minimum Gasteiger partial charge on any atom is -0.455 e. The summed E-state index contributed by atoms with van der Waals surface area (Å²) in [5.41, 5.74) is 16.9. The Balaban J connectivity index is 0.856. The van der Waals surface area contributed by atoms with Crippen molar-refractivity contribution in [2.24, 2.45) is 0 Å².